The Kier molecular flexibility index (Phi) is 11.6. The van der Waals surface area contributed by atoms with Crippen LogP contribution in [0.2, 0.25) is 0 Å². The highest BCUT2D eigenvalue weighted by molar-refractivity contribution is 5.98. The summed E-state index contributed by atoms with van der Waals surface area (Å²) < 4.78 is 22.2. The van der Waals surface area contributed by atoms with Crippen LogP contribution >= 0.6 is 0 Å². The summed E-state index contributed by atoms with van der Waals surface area (Å²) >= 11 is 0. The lowest BCUT2D eigenvalue weighted by Gasteiger charge is -2.34. The van der Waals surface area contributed by atoms with Crippen molar-refractivity contribution >= 4 is 35.4 Å². The number of carbonyl (C=O) groups is 4. The van der Waals surface area contributed by atoms with Gasteiger partial charge in [0.15, 0.2) is 12.2 Å². The number of anilines is 2. The zero-order chi connectivity index (χ0) is 41.1. The summed E-state index contributed by atoms with van der Waals surface area (Å²) in [6.45, 7) is 18.0. The van der Waals surface area contributed by atoms with Crippen LogP contribution in [0.15, 0.2) is 85.5 Å². The van der Waals surface area contributed by atoms with Crippen molar-refractivity contribution in [3.63, 3.8) is 0 Å². The molecule has 4 aromatic rings. The van der Waals surface area contributed by atoms with E-state index in [1.807, 2.05) is 65.0 Å². The molecule has 0 aliphatic carbocycles. The normalized spacial score (nSPS) is 18.2. The van der Waals surface area contributed by atoms with Gasteiger partial charge in [0.25, 0.3) is 11.8 Å². The molecular formula is C42H50N6O8. The van der Waals surface area contributed by atoms with Gasteiger partial charge in [-0.05, 0) is 128 Å². The van der Waals surface area contributed by atoms with Gasteiger partial charge < -0.3 is 40.2 Å². The second-order valence-electron chi connectivity index (χ2n) is 15.9. The largest absolute Gasteiger partial charge is 0.479 e. The van der Waals surface area contributed by atoms with E-state index in [4.69, 9.17) is 18.9 Å². The number of rotatable bonds is 6. The van der Waals surface area contributed by atoms with Gasteiger partial charge in [0.1, 0.15) is 22.7 Å². The van der Waals surface area contributed by atoms with Gasteiger partial charge in [-0.15, -0.1) is 0 Å². The van der Waals surface area contributed by atoms with Gasteiger partial charge in [-0.2, -0.15) is 0 Å². The fourth-order valence-electron chi connectivity index (χ4n) is 6.02. The molecule has 0 radical (unpaired) electrons. The van der Waals surface area contributed by atoms with Crippen LogP contribution in [0, 0.1) is 0 Å². The molecule has 2 aromatic carbocycles. The first kappa shape index (κ1) is 41.0. The number of hydrogen-bond acceptors (Lipinski definition) is 10. The van der Waals surface area contributed by atoms with Crippen molar-refractivity contribution in [1.29, 1.82) is 0 Å². The number of ether oxygens (including phenoxy) is 4. The molecule has 2 aliphatic heterocycles. The second kappa shape index (κ2) is 15.9. The maximum Gasteiger partial charge on any atom is 0.408 e. The van der Waals surface area contributed by atoms with Crippen LogP contribution in [0.25, 0.3) is 0 Å². The van der Waals surface area contributed by atoms with Gasteiger partial charge in [0.05, 0.1) is 22.5 Å². The molecule has 56 heavy (non-hydrogen) atoms. The number of nitrogens with zero attached hydrogens (tertiary/aromatic N) is 2. The molecule has 4 atom stereocenters. The summed E-state index contributed by atoms with van der Waals surface area (Å²) in [5.41, 5.74) is 1.14. The van der Waals surface area contributed by atoms with Crippen molar-refractivity contribution in [1.82, 2.24) is 20.6 Å². The Morgan fingerprint density at radius 2 is 1.05 bits per heavy atom. The van der Waals surface area contributed by atoms with Gasteiger partial charge in [-0.1, -0.05) is 18.2 Å². The number of pyridine rings is 2. The first-order chi connectivity index (χ1) is 26.2. The third-order valence-electron chi connectivity index (χ3n) is 8.97. The molecule has 0 spiro atoms. The minimum absolute atomic E-state index is 0.213. The lowest BCUT2D eigenvalue weighted by molar-refractivity contribution is -0.123. The van der Waals surface area contributed by atoms with Gasteiger partial charge in [-0.25, -0.2) is 9.59 Å². The zero-order valence-corrected chi connectivity index (χ0v) is 33.4. The van der Waals surface area contributed by atoms with Gasteiger partial charge >= 0.3 is 12.2 Å². The van der Waals surface area contributed by atoms with Crippen LogP contribution in [0.5, 0.6) is 11.5 Å². The Morgan fingerprint density at radius 1 is 0.607 bits per heavy atom. The molecule has 4 N–H and O–H groups in total. The lowest BCUT2D eigenvalue weighted by atomic mass is 9.84. The molecule has 296 valence electrons. The molecule has 14 heteroatoms. The van der Waals surface area contributed by atoms with E-state index in [-0.39, 0.29) is 11.8 Å². The van der Waals surface area contributed by atoms with E-state index in [0.29, 0.717) is 22.9 Å². The molecule has 4 unspecified atom stereocenters. The molecule has 14 nitrogen and oxygen atoms in total. The number of benzene rings is 2. The van der Waals surface area contributed by atoms with E-state index >= 15 is 0 Å². The van der Waals surface area contributed by atoms with Crippen LogP contribution in [0.3, 0.4) is 0 Å². The highest BCUT2D eigenvalue weighted by atomic mass is 16.6. The first-order valence-corrected chi connectivity index (χ1v) is 18.2. The smallest absolute Gasteiger partial charge is 0.408 e. The highest BCUT2D eigenvalue weighted by Crippen LogP contribution is 2.38. The van der Waals surface area contributed by atoms with E-state index in [2.05, 4.69) is 31.2 Å². The third-order valence-corrected chi connectivity index (χ3v) is 8.97. The van der Waals surface area contributed by atoms with Crippen LogP contribution in [0.1, 0.15) is 91.5 Å². The standard InChI is InChI=1S/2C21H25N3O4/c1-13-18(25)23-16-12-15(6-7-17(16)27-13)21(5,14-8-10-22-11-9-14)24-19(26)28-20(2,3)4;1-13-18(25)23-16-11-14(8-9-17(16)27-13)21(5,15-7-6-10-22-12-15)24-19(26)28-20(2,3)4/h2*6-13H,1-5H3,(H,23,25)(H,24,26). The Labute approximate surface area is 327 Å². The highest BCUT2D eigenvalue weighted by Gasteiger charge is 2.36. The van der Waals surface area contributed by atoms with Crippen molar-refractivity contribution in [2.75, 3.05) is 10.6 Å². The Balaban J connectivity index is 0.000000214. The first-order valence-electron chi connectivity index (χ1n) is 18.2. The van der Waals surface area contributed by atoms with Gasteiger partial charge in [-0.3, -0.25) is 19.6 Å². The summed E-state index contributed by atoms with van der Waals surface area (Å²) in [6, 6.07) is 18.2. The topological polar surface area (TPSA) is 179 Å². The van der Waals surface area contributed by atoms with Crippen molar-refractivity contribution in [2.45, 2.75) is 104 Å². The number of hydrogen-bond donors (Lipinski definition) is 4. The maximum absolute atomic E-state index is 12.6. The summed E-state index contributed by atoms with van der Waals surface area (Å²) in [7, 11) is 0. The Bertz CT molecular complexity index is 1930. The molecule has 0 saturated heterocycles. The SMILES string of the molecule is CC1Oc2ccc(C(C)(NC(=O)OC(C)(C)C)c3cccnc3)cc2NC1=O.CC1Oc2ccc(C(C)(NC(=O)OC(C)(C)C)c3ccncc3)cc2NC1=O. The molecular weight excluding hydrogens is 716 g/mol. The van der Waals surface area contributed by atoms with Gasteiger partial charge in [0.2, 0.25) is 0 Å². The molecule has 0 fully saturated rings. The molecule has 4 heterocycles. The number of aromatic nitrogens is 2. The average molecular weight is 767 g/mol. The fraction of sp³-hybridized carbons (Fsp3) is 0.381. The van der Waals surface area contributed by atoms with Crippen LogP contribution in [-0.2, 0) is 30.1 Å². The molecule has 2 aliphatic rings. The summed E-state index contributed by atoms with van der Waals surface area (Å²) in [5.74, 6) is 0.745. The monoisotopic (exact) mass is 766 g/mol. The van der Waals surface area contributed by atoms with E-state index in [1.165, 1.54) is 0 Å². The van der Waals surface area contributed by atoms with Crippen molar-refractivity contribution in [2.24, 2.45) is 0 Å². The Hall–Kier alpha value is -6.18. The second-order valence-corrected chi connectivity index (χ2v) is 15.9. The predicted molar refractivity (Wildman–Crippen MR) is 210 cm³/mol. The maximum atomic E-state index is 12.6. The zero-order valence-electron chi connectivity index (χ0n) is 33.4. The minimum Gasteiger partial charge on any atom is -0.479 e. The lowest BCUT2D eigenvalue weighted by Crippen LogP contribution is -2.46. The van der Waals surface area contributed by atoms with Crippen molar-refractivity contribution in [3.8, 4) is 11.5 Å². The van der Waals surface area contributed by atoms with Crippen LogP contribution < -0.4 is 30.7 Å². The average Bonchev–Trinajstić information content (AvgIpc) is 3.11. The third kappa shape index (κ3) is 9.73. The number of fused-ring (bicyclic) bond motifs is 2. The Morgan fingerprint density at radius 3 is 1.46 bits per heavy atom. The number of nitrogens with one attached hydrogen (secondary N) is 4. The molecule has 0 saturated carbocycles. The molecule has 2 aromatic heterocycles. The van der Waals surface area contributed by atoms with E-state index in [0.717, 1.165) is 22.3 Å². The molecule has 6 rings (SSSR count). The number of amides is 4. The van der Waals surface area contributed by atoms with E-state index < -0.39 is 46.7 Å². The van der Waals surface area contributed by atoms with E-state index in [9.17, 15) is 19.2 Å². The van der Waals surface area contributed by atoms with Crippen LogP contribution in [0.4, 0.5) is 21.0 Å². The van der Waals surface area contributed by atoms with Crippen LogP contribution in [-0.4, -0.2) is 57.4 Å². The summed E-state index contributed by atoms with van der Waals surface area (Å²) in [5, 5.41) is 11.6. The van der Waals surface area contributed by atoms with Crippen molar-refractivity contribution < 1.29 is 38.1 Å². The molecule has 0 bridgehead atoms. The number of carbonyl (C=O) groups excluding carboxylic acids is 4. The van der Waals surface area contributed by atoms with E-state index in [1.54, 1.807) is 89.7 Å². The van der Waals surface area contributed by atoms with Gasteiger partial charge in [0, 0.05) is 30.4 Å². The predicted octanol–water partition coefficient (Wildman–Crippen LogP) is 7.18. The number of alkyl carbamates (subject to hydrolysis) is 2. The summed E-state index contributed by atoms with van der Waals surface area (Å²) in [4.78, 5) is 57.3. The fourth-order valence-corrected chi connectivity index (χ4v) is 6.02. The quantitative estimate of drug-likeness (QED) is 0.157. The summed E-state index contributed by atoms with van der Waals surface area (Å²) in [6.07, 6.45) is 4.48. The minimum atomic E-state index is -0.931. The van der Waals surface area contributed by atoms with Crippen molar-refractivity contribution in [3.05, 3.63) is 108 Å². The molecule has 4 amide bonds.